The molecule has 0 atom stereocenters. The van der Waals surface area contributed by atoms with Crippen molar-refractivity contribution in [2.45, 2.75) is 6.92 Å². The Kier molecular flexibility index (Phi) is 3.99. The summed E-state index contributed by atoms with van der Waals surface area (Å²) in [6.07, 6.45) is 6.69. The molecule has 2 N–H and O–H groups in total. The second-order valence-electron chi connectivity index (χ2n) is 1.78. The van der Waals surface area contributed by atoms with Crippen molar-refractivity contribution in [1.82, 2.24) is 0 Å². The minimum Gasteiger partial charge on any atom is -0.228 e. The summed E-state index contributed by atoms with van der Waals surface area (Å²) in [6, 6.07) is 0. The van der Waals surface area contributed by atoms with Crippen LogP contribution in [0.15, 0.2) is 24.3 Å². The Morgan fingerprint density at radius 1 is 1.40 bits per heavy atom. The molecule has 0 aliphatic rings. The van der Waals surface area contributed by atoms with Gasteiger partial charge in [-0.15, -0.1) is 0 Å². The van der Waals surface area contributed by atoms with E-state index in [0.717, 1.165) is 0 Å². The van der Waals surface area contributed by atoms with Gasteiger partial charge in [0.2, 0.25) is 10.0 Å². The van der Waals surface area contributed by atoms with Crippen LogP contribution in [0.4, 0.5) is 0 Å². The normalized spacial score (nSPS) is 13.4. The summed E-state index contributed by atoms with van der Waals surface area (Å²) in [5, 5.41) is 4.71. The molecule has 0 amide bonds. The van der Waals surface area contributed by atoms with Gasteiger partial charge < -0.3 is 0 Å². The number of rotatable bonds is 3. The lowest BCUT2D eigenvalue weighted by molar-refractivity contribution is 0.600. The van der Waals surface area contributed by atoms with Crippen LogP contribution in [-0.2, 0) is 10.0 Å². The third-order valence-corrected chi connectivity index (χ3v) is 1.43. The smallest absolute Gasteiger partial charge is 0.212 e. The van der Waals surface area contributed by atoms with Gasteiger partial charge in [-0.3, -0.25) is 0 Å². The van der Waals surface area contributed by atoms with Gasteiger partial charge in [-0.25, -0.2) is 13.6 Å². The van der Waals surface area contributed by atoms with Gasteiger partial charge in [0.15, 0.2) is 0 Å². The molecule has 0 aliphatic carbocycles. The summed E-state index contributed by atoms with van der Waals surface area (Å²) in [5.74, 6) is -0.0999. The van der Waals surface area contributed by atoms with Gasteiger partial charge in [0.05, 0.1) is 5.75 Å². The molecular formula is C6H11NO2S. The zero-order chi connectivity index (χ0) is 8.04. The van der Waals surface area contributed by atoms with Crippen molar-refractivity contribution >= 4 is 10.0 Å². The van der Waals surface area contributed by atoms with Crippen molar-refractivity contribution in [3.63, 3.8) is 0 Å². The van der Waals surface area contributed by atoms with Crippen molar-refractivity contribution in [2.75, 3.05) is 5.75 Å². The van der Waals surface area contributed by atoms with Crippen molar-refractivity contribution in [2.24, 2.45) is 5.14 Å². The van der Waals surface area contributed by atoms with E-state index in [1.165, 1.54) is 6.08 Å². The summed E-state index contributed by atoms with van der Waals surface area (Å²) in [4.78, 5) is 0. The molecule has 10 heavy (non-hydrogen) atoms. The molecule has 58 valence electrons. The van der Waals surface area contributed by atoms with Crippen molar-refractivity contribution in [1.29, 1.82) is 0 Å². The Morgan fingerprint density at radius 2 is 2.00 bits per heavy atom. The van der Waals surface area contributed by atoms with E-state index in [0.29, 0.717) is 0 Å². The molecule has 0 unspecified atom stereocenters. The number of sulfonamides is 1. The summed E-state index contributed by atoms with van der Waals surface area (Å²) in [5.41, 5.74) is 0. The average molecular weight is 161 g/mol. The number of hydrogen-bond donors (Lipinski definition) is 1. The lowest BCUT2D eigenvalue weighted by Crippen LogP contribution is -2.14. The first kappa shape index (κ1) is 9.39. The monoisotopic (exact) mass is 161 g/mol. The van der Waals surface area contributed by atoms with Crippen LogP contribution in [0.1, 0.15) is 6.92 Å². The van der Waals surface area contributed by atoms with Crippen molar-refractivity contribution < 1.29 is 8.42 Å². The highest BCUT2D eigenvalue weighted by molar-refractivity contribution is 7.89. The van der Waals surface area contributed by atoms with Crippen LogP contribution in [0.5, 0.6) is 0 Å². The average Bonchev–Trinajstić information content (AvgIpc) is 1.78. The van der Waals surface area contributed by atoms with Gasteiger partial charge >= 0.3 is 0 Å². The first-order chi connectivity index (χ1) is 4.56. The fraction of sp³-hybridized carbons (Fsp3) is 0.333. The maximum Gasteiger partial charge on any atom is 0.212 e. The molecule has 4 heteroatoms. The molecule has 0 fully saturated rings. The second-order valence-corrected chi connectivity index (χ2v) is 3.44. The standard InChI is InChI=1S/C6H11NO2S/c1-2-3-4-5-6-10(7,8)9/h2-5H,6H2,1H3,(H2,7,8,9)/b3-2-,5-4-. The van der Waals surface area contributed by atoms with Gasteiger partial charge in [-0.2, -0.15) is 0 Å². The van der Waals surface area contributed by atoms with Crippen LogP contribution in [0.25, 0.3) is 0 Å². The Labute approximate surface area is 61.3 Å². The van der Waals surface area contributed by atoms with Crippen molar-refractivity contribution in [3.05, 3.63) is 24.3 Å². The van der Waals surface area contributed by atoms with E-state index in [9.17, 15) is 8.42 Å². The quantitative estimate of drug-likeness (QED) is 0.609. The van der Waals surface area contributed by atoms with Gasteiger partial charge in [0.1, 0.15) is 0 Å². The van der Waals surface area contributed by atoms with E-state index in [1.54, 1.807) is 18.2 Å². The molecule has 0 aromatic heterocycles. The Balaban J connectivity index is 3.76. The van der Waals surface area contributed by atoms with Gasteiger partial charge in [0.25, 0.3) is 0 Å². The zero-order valence-corrected chi connectivity index (χ0v) is 6.64. The predicted octanol–water partition coefficient (Wildman–Crippen LogP) is 0.407. The minimum atomic E-state index is -3.33. The molecule has 3 nitrogen and oxygen atoms in total. The summed E-state index contributed by atoms with van der Waals surface area (Å²) in [7, 11) is -3.33. The molecule has 0 rings (SSSR count). The molecule has 0 heterocycles. The minimum absolute atomic E-state index is 0.0999. The van der Waals surface area contributed by atoms with Gasteiger partial charge in [-0.05, 0) is 6.92 Å². The molecule has 0 radical (unpaired) electrons. The number of nitrogens with two attached hydrogens (primary N) is 1. The Morgan fingerprint density at radius 3 is 2.40 bits per heavy atom. The van der Waals surface area contributed by atoms with Crippen LogP contribution in [0.3, 0.4) is 0 Å². The lowest BCUT2D eigenvalue weighted by Gasteiger charge is -1.86. The molecule has 0 aromatic rings. The Bertz CT molecular complexity index is 226. The summed E-state index contributed by atoms with van der Waals surface area (Å²) >= 11 is 0. The number of allylic oxidation sites excluding steroid dienone is 3. The Hall–Kier alpha value is -0.610. The van der Waals surface area contributed by atoms with E-state index < -0.39 is 10.0 Å². The van der Waals surface area contributed by atoms with E-state index in [-0.39, 0.29) is 5.75 Å². The van der Waals surface area contributed by atoms with Crippen LogP contribution < -0.4 is 5.14 Å². The highest BCUT2D eigenvalue weighted by Crippen LogP contribution is 1.81. The highest BCUT2D eigenvalue weighted by atomic mass is 32.2. The molecule has 0 aromatic carbocycles. The van der Waals surface area contributed by atoms with E-state index >= 15 is 0 Å². The van der Waals surface area contributed by atoms with Crippen LogP contribution in [-0.4, -0.2) is 14.2 Å². The number of hydrogen-bond acceptors (Lipinski definition) is 2. The predicted molar refractivity (Wildman–Crippen MR) is 41.9 cm³/mol. The van der Waals surface area contributed by atoms with E-state index in [2.05, 4.69) is 0 Å². The first-order valence-corrected chi connectivity index (χ1v) is 4.56. The molecular weight excluding hydrogens is 150 g/mol. The van der Waals surface area contributed by atoms with Gasteiger partial charge in [0, 0.05) is 0 Å². The third-order valence-electron chi connectivity index (χ3n) is 0.768. The van der Waals surface area contributed by atoms with Crippen LogP contribution >= 0.6 is 0 Å². The first-order valence-electron chi connectivity index (χ1n) is 2.84. The summed E-state index contributed by atoms with van der Waals surface area (Å²) < 4.78 is 20.6. The van der Waals surface area contributed by atoms with E-state index in [4.69, 9.17) is 5.14 Å². The van der Waals surface area contributed by atoms with Crippen LogP contribution in [0.2, 0.25) is 0 Å². The maximum atomic E-state index is 10.3. The van der Waals surface area contributed by atoms with Crippen LogP contribution in [0, 0.1) is 0 Å². The molecule has 0 aliphatic heterocycles. The topological polar surface area (TPSA) is 60.2 Å². The molecule has 0 bridgehead atoms. The third kappa shape index (κ3) is 7.39. The van der Waals surface area contributed by atoms with E-state index in [1.807, 2.05) is 6.92 Å². The molecule has 0 spiro atoms. The van der Waals surface area contributed by atoms with Crippen molar-refractivity contribution in [3.8, 4) is 0 Å². The fourth-order valence-corrected chi connectivity index (χ4v) is 0.759. The number of primary sulfonamides is 1. The maximum absolute atomic E-state index is 10.3. The fourth-order valence-electron chi connectivity index (χ4n) is 0.379. The summed E-state index contributed by atoms with van der Waals surface area (Å²) in [6.45, 7) is 1.85. The van der Waals surface area contributed by atoms with Gasteiger partial charge in [-0.1, -0.05) is 24.3 Å². The largest absolute Gasteiger partial charge is 0.228 e. The molecule has 0 saturated carbocycles. The highest BCUT2D eigenvalue weighted by Gasteiger charge is 1.94. The zero-order valence-electron chi connectivity index (χ0n) is 5.82. The SMILES string of the molecule is C/C=C\C=C/CS(N)(=O)=O. The lowest BCUT2D eigenvalue weighted by atomic mass is 10.5. The second kappa shape index (κ2) is 4.24. The molecule has 0 saturated heterocycles.